The van der Waals surface area contributed by atoms with Crippen molar-refractivity contribution in [3.63, 3.8) is 0 Å². The summed E-state index contributed by atoms with van der Waals surface area (Å²) in [6, 6.07) is 19.0. The monoisotopic (exact) mass is 421 g/mol. The Bertz CT molecular complexity index is 964. The molecule has 3 heterocycles. The number of hydrogen-bond donors (Lipinski definition) is 0. The van der Waals surface area contributed by atoms with Gasteiger partial charge in [-0.1, -0.05) is 24.3 Å². The van der Waals surface area contributed by atoms with Crippen LogP contribution in [0, 0.1) is 0 Å². The third kappa shape index (κ3) is 3.46. The average Bonchev–Trinajstić information content (AvgIpc) is 2.74. The minimum absolute atomic E-state index is 0.429. The summed E-state index contributed by atoms with van der Waals surface area (Å²) >= 11 is 3.56. The number of pyridine rings is 2. The van der Waals surface area contributed by atoms with Gasteiger partial charge in [0.2, 0.25) is 0 Å². The first kappa shape index (κ1) is 17.4. The van der Waals surface area contributed by atoms with E-state index in [1.807, 2.05) is 65.6 Å². The summed E-state index contributed by atoms with van der Waals surface area (Å²) < 4.78 is 0.851. The van der Waals surface area contributed by atoms with Crippen LogP contribution in [0.5, 0.6) is 0 Å². The van der Waals surface area contributed by atoms with Gasteiger partial charge in [-0.2, -0.15) is 5.10 Å². The van der Waals surface area contributed by atoms with Gasteiger partial charge in [0.15, 0.2) is 12.5 Å². The molecule has 1 unspecified atom stereocenters. The van der Waals surface area contributed by atoms with Crippen molar-refractivity contribution in [3.8, 4) is 0 Å². The molecule has 0 N–H and O–H groups in total. The topological polar surface area (TPSA) is 61.7 Å². The Morgan fingerprint density at radius 3 is 2.37 bits per heavy atom. The van der Waals surface area contributed by atoms with Crippen molar-refractivity contribution in [1.29, 1.82) is 0 Å². The molecule has 1 aliphatic heterocycles. The van der Waals surface area contributed by atoms with Crippen LogP contribution in [0.1, 0.15) is 5.69 Å². The standard InChI is InChI=1S/C20H16BrN5O/c21-15-7-1-2-9-18(15)26-20(14-27)25(19-10-4-6-12-23-19)13-17(24-26)16-8-3-5-11-22-16/h1-12,14,20H,13H2. The number of carbonyl (C=O) groups excluding carboxylic acids is 1. The maximum atomic E-state index is 12.1. The molecule has 0 radical (unpaired) electrons. The molecule has 27 heavy (non-hydrogen) atoms. The Hall–Kier alpha value is -3.06. The fourth-order valence-electron chi connectivity index (χ4n) is 2.98. The van der Waals surface area contributed by atoms with E-state index < -0.39 is 6.17 Å². The lowest BCUT2D eigenvalue weighted by molar-refractivity contribution is -0.109. The summed E-state index contributed by atoms with van der Waals surface area (Å²) in [4.78, 5) is 22.9. The highest BCUT2D eigenvalue weighted by molar-refractivity contribution is 9.10. The van der Waals surface area contributed by atoms with Crippen LogP contribution in [0.25, 0.3) is 0 Å². The van der Waals surface area contributed by atoms with Crippen LogP contribution >= 0.6 is 15.9 Å². The first-order valence-corrected chi connectivity index (χ1v) is 9.23. The molecule has 1 aliphatic rings. The molecule has 0 saturated heterocycles. The molecular formula is C20H16BrN5O. The maximum absolute atomic E-state index is 12.1. The molecule has 0 fully saturated rings. The Balaban J connectivity index is 1.86. The van der Waals surface area contributed by atoms with Gasteiger partial charge < -0.3 is 4.90 Å². The minimum Gasteiger partial charge on any atom is -0.322 e. The fraction of sp³-hybridized carbons (Fsp3) is 0.100. The summed E-state index contributed by atoms with van der Waals surface area (Å²) in [5.74, 6) is 0.704. The number of carbonyl (C=O) groups is 1. The number of nitrogens with zero attached hydrogens (tertiary/aromatic N) is 5. The third-order valence-corrected chi connectivity index (χ3v) is 4.91. The SMILES string of the molecule is O=CC1N(c2ccccn2)CC(c2ccccn2)=NN1c1ccccc1Br. The van der Waals surface area contributed by atoms with E-state index >= 15 is 0 Å². The fourth-order valence-corrected chi connectivity index (χ4v) is 3.45. The van der Waals surface area contributed by atoms with Crippen molar-refractivity contribution in [3.05, 3.63) is 83.2 Å². The normalized spacial score (nSPS) is 16.8. The lowest BCUT2D eigenvalue weighted by Gasteiger charge is -2.40. The number of halogens is 1. The molecule has 0 amide bonds. The van der Waals surface area contributed by atoms with E-state index in [2.05, 4.69) is 25.9 Å². The quantitative estimate of drug-likeness (QED) is 0.603. The van der Waals surface area contributed by atoms with E-state index in [4.69, 9.17) is 5.10 Å². The van der Waals surface area contributed by atoms with Gasteiger partial charge in [0.1, 0.15) is 11.5 Å². The minimum atomic E-state index is -0.619. The number of hydrazone groups is 1. The number of aldehydes is 1. The van der Waals surface area contributed by atoms with Gasteiger partial charge in [0, 0.05) is 16.9 Å². The van der Waals surface area contributed by atoms with Crippen LogP contribution in [0.2, 0.25) is 0 Å². The zero-order valence-electron chi connectivity index (χ0n) is 14.3. The van der Waals surface area contributed by atoms with Gasteiger partial charge in [-0.25, -0.2) is 9.99 Å². The summed E-state index contributed by atoms with van der Waals surface area (Å²) in [6.45, 7) is 0.429. The number of aromatic nitrogens is 2. The second-order valence-corrected chi connectivity index (χ2v) is 6.78. The van der Waals surface area contributed by atoms with Crippen LogP contribution in [-0.4, -0.2) is 34.7 Å². The molecular weight excluding hydrogens is 406 g/mol. The average molecular weight is 422 g/mol. The van der Waals surface area contributed by atoms with E-state index in [9.17, 15) is 4.79 Å². The number of anilines is 2. The molecule has 134 valence electrons. The summed E-state index contributed by atoms with van der Waals surface area (Å²) in [7, 11) is 0. The second kappa shape index (κ2) is 7.67. The van der Waals surface area contributed by atoms with Gasteiger partial charge in [0.25, 0.3) is 0 Å². The molecule has 0 saturated carbocycles. The van der Waals surface area contributed by atoms with E-state index in [0.717, 1.165) is 27.9 Å². The van der Waals surface area contributed by atoms with Crippen LogP contribution in [0.4, 0.5) is 11.5 Å². The lowest BCUT2D eigenvalue weighted by atomic mass is 10.2. The van der Waals surface area contributed by atoms with Crippen molar-refractivity contribution in [2.75, 3.05) is 16.5 Å². The van der Waals surface area contributed by atoms with Crippen LogP contribution in [0.15, 0.2) is 82.6 Å². The van der Waals surface area contributed by atoms with Crippen molar-refractivity contribution < 1.29 is 4.79 Å². The Kier molecular flexibility index (Phi) is 4.93. The largest absolute Gasteiger partial charge is 0.322 e. The number of para-hydroxylation sites is 1. The highest BCUT2D eigenvalue weighted by Crippen LogP contribution is 2.31. The van der Waals surface area contributed by atoms with E-state index in [1.54, 1.807) is 17.4 Å². The van der Waals surface area contributed by atoms with Gasteiger partial charge in [-0.3, -0.25) is 9.78 Å². The molecule has 0 aliphatic carbocycles. The molecule has 1 atom stereocenters. The highest BCUT2D eigenvalue weighted by atomic mass is 79.9. The third-order valence-electron chi connectivity index (χ3n) is 4.24. The molecule has 0 spiro atoms. The molecule has 6 nitrogen and oxygen atoms in total. The summed E-state index contributed by atoms with van der Waals surface area (Å²) in [5, 5.41) is 6.48. The second-order valence-electron chi connectivity index (χ2n) is 5.92. The van der Waals surface area contributed by atoms with E-state index in [-0.39, 0.29) is 0 Å². The van der Waals surface area contributed by atoms with Crippen molar-refractivity contribution in [2.24, 2.45) is 5.10 Å². The highest BCUT2D eigenvalue weighted by Gasteiger charge is 2.33. The van der Waals surface area contributed by atoms with Crippen LogP contribution < -0.4 is 9.91 Å². The molecule has 2 aromatic heterocycles. The zero-order chi connectivity index (χ0) is 18.6. The van der Waals surface area contributed by atoms with Gasteiger partial charge in [-0.05, 0) is 52.3 Å². The van der Waals surface area contributed by atoms with Crippen molar-refractivity contribution in [1.82, 2.24) is 9.97 Å². The maximum Gasteiger partial charge on any atom is 0.181 e. The summed E-state index contributed by atoms with van der Waals surface area (Å²) in [6.07, 6.45) is 3.71. The Morgan fingerprint density at radius 1 is 0.963 bits per heavy atom. The lowest BCUT2D eigenvalue weighted by Crippen LogP contribution is -2.54. The summed E-state index contributed by atoms with van der Waals surface area (Å²) in [5.41, 5.74) is 2.32. The predicted octanol–water partition coefficient (Wildman–Crippen LogP) is 3.50. The van der Waals surface area contributed by atoms with E-state index in [0.29, 0.717) is 12.4 Å². The van der Waals surface area contributed by atoms with Crippen molar-refractivity contribution in [2.45, 2.75) is 6.17 Å². The molecule has 0 bridgehead atoms. The van der Waals surface area contributed by atoms with E-state index in [1.165, 1.54) is 0 Å². The molecule has 7 heteroatoms. The van der Waals surface area contributed by atoms with Crippen LogP contribution in [-0.2, 0) is 4.79 Å². The molecule has 1 aromatic carbocycles. The number of benzene rings is 1. The Labute approximate surface area is 165 Å². The predicted molar refractivity (Wildman–Crippen MR) is 109 cm³/mol. The first-order valence-electron chi connectivity index (χ1n) is 8.43. The van der Waals surface area contributed by atoms with Gasteiger partial charge in [-0.15, -0.1) is 0 Å². The van der Waals surface area contributed by atoms with Crippen molar-refractivity contribution >= 4 is 39.4 Å². The number of hydrogen-bond acceptors (Lipinski definition) is 6. The molecule has 4 rings (SSSR count). The first-order chi connectivity index (χ1) is 13.3. The zero-order valence-corrected chi connectivity index (χ0v) is 15.9. The van der Waals surface area contributed by atoms with Gasteiger partial charge >= 0.3 is 0 Å². The van der Waals surface area contributed by atoms with Gasteiger partial charge in [0.05, 0.1) is 17.9 Å². The molecule has 3 aromatic rings. The smallest absolute Gasteiger partial charge is 0.181 e. The Morgan fingerprint density at radius 2 is 1.70 bits per heavy atom. The number of rotatable bonds is 4. The van der Waals surface area contributed by atoms with Crippen LogP contribution in [0.3, 0.4) is 0 Å².